The van der Waals surface area contributed by atoms with Gasteiger partial charge in [-0.3, -0.25) is 0 Å². The fourth-order valence-electron chi connectivity index (χ4n) is 2.43. The molecule has 0 spiro atoms. The zero-order valence-electron chi connectivity index (χ0n) is 13.6. The molecule has 9 heteroatoms. The van der Waals surface area contributed by atoms with E-state index in [4.69, 9.17) is 28.2 Å². The Morgan fingerprint density at radius 1 is 1.11 bits per heavy atom. The van der Waals surface area contributed by atoms with E-state index in [1.165, 1.54) is 18.2 Å². The molecule has 4 nitrogen and oxygen atoms in total. The van der Waals surface area contributed by atoms with Crippen LogP contribution < -0.4 is 16.3 Å². The maximum atomic E-state index is 13.1. The van der Waals surface area contributed by atoms with Crippen molar-refractivity contribution in [2.45, 2.75) is 12.7 Å². The first-order valence-electron chi connectivity index (χ1n) is 7.67. The van der Waals surface area contributed by atoms with Crippen molar-refractivity contribution in [3.05, 3.63) is 75.1 Å². The zero-order valence-corrected chi connectivity index (χ0v) is 15.1. The average Bonchev–Trinajstić information content (AvgIpc) is 2.59. The first-order chi connectivity index (χ1) is 12.7. The number of thiocarbonyl (C=S) groups is 1. The quantitative estimate of drug-likeness (QED) is 0.471. The minimum Gasteiger partial charge on any atom is -0.423 e. The summed E-state index contributed by atoms with van der Waals surface area (Å²) in [5, 5.41) is 6.49. The zero-order chi connectivity index (χ0) is 19.6. The second-order valence-corrected chi connectivity index (χ2v) is 6.47. The summed E-state index contributed by atoms with van der Waals surface area (Å²) in [6.07, 6.45) is -4.65. The first kappa shape index (κ1) is 19.2. The van der Waals surface area contributed by atoms with Gasteiger partial charge in [-0.1, -0.05) is 23.7 Å². The van der Waals surface area contributed by atoms with Gasteiger partial charge in [-0.25, -0.2) is 4.79 Å². The summed E-state index contributed by atoms with van der Waals surface area (Å²) in [5.74, 6) is 0. The number of benzene rings is 2. The Hall–Kier alpha value is -2.58. The summed E-state index contributed by atoms with van der Waals surface area (Å²) in [7, 11) is 0. The van der Waals surface area contributed by atoms with Crippen LogP contribution >= 0.6 is 23.8 Å². The summed E-state index contributed by atoms with van der Waals surface area (Å²) in [6, 6.07) is 11.6. The van der Waals surface area contributed by atoms with Crippen molar-refractivity contribution in [2.75, 3.05) is 5.32 Å². The highest BCUT2D eigenvalue weighted by Gasteiger charge is 2.33. The first-order valence-corrected chi connectivity index (χ1v) is 8.45. The maximum Gasteiger partial charge on any atom is 0.417 e. The molecule has 2 N–H and O–H groups in total. The molecule has 0 atom stereocenters. The molecule has 140 valence electrons. The molecule has 0 aliphatic carbocycles. The van der Waals surface area contributed by atoms with Gasteiger partial charge in [0.2, 0.25) is 0 Å². The molecule has 0 saturated heterocycles. The summed E-state index contributed by atoms with van der Waals surface area (Å²) < 4.78 is 44.1. The molecular weight excluding hydrogens is 401 g/mol. The van der Waals surface area contributed by atoms with E-state index >= 15 is 0 Å². The van der Waals surface area contributed by atoms with Crippen LogP contribution in [0.1, 0.15) is 11.1 Å². The Labute approximate surface area is 161 Å². The van der Waals surface area contributed by atoms with Crippen LogP contribution in [-0.4, -0.2) is 5.11 Å². The molecule has 0 aliphatic heterocycles. The second kappa shape index (κ2) is 7.58. The predicted octanol–water partition coefficient (Wildman–Crippen LogP) is 4.95. The number of alkyl halides is 3. The Bertz CT molecular complexity index is 1050. The lowest BCUT2D eigenvalue weighted by molar-refractivity contribution is -0.136. The monoisotopic (exact) mass is 412 g/mol. The molecule has 1 aromatic heterocycles. The minimum absolute atomic E-state index is 0.180. The Balaban J connectivity index is 1.76. The number of hydrogen-bond acceptors (Lipinski definition) is 3. The second-order valence-electron chi connectivity index (χ2n) is 5.62. The minimum atomic E-state index is -4.65. The fraction of sp³-hybridized carbons (Fsp3) is 0.111. The van der Waals surface area contributed by atoms with Crippen molar-refractivity contribution in [3.8, 4) is 0 Å². The highest BCUT2D eigenvalue weighted by Crippen LogP contribution is 2.34. The van der Waals surface area contributed by atoms with E-state index in [0.29, 0.717) is 23.3 Å². The van der Waals surface area contributed by atoms with Gasteiger partial charge in [-0.15, -0.1) is 0 Å². The standard InChI is InChI=1S/C18H12ClF3N2O2S/c19-11-3-1-10(2-4-11)9-23-17(27)24-12-5-6-13-14(18(20,21)22)8-16(25)26-15(13)7-12/h1-8H,9H2,(H2,23,24,27). The van der Waals surface area contributed by atoms with Crippen molar-refractivity contribution in [2.24, 2.45) is 0 Å². The highest BCUT2D eigenvalue weighted by molar-refractivity contribution is 7.80. The van der Waals surface area contributed by atoms with Crippen LogP contribution in [0.3, 0.4) is 0 Å². The summed E-state index contributed by atoms with van der Waals surface area (Å²) in [4.78, 5) is 11.4. The van der Waals surface area contributed by atoms with Gasteiger partial charge in [0.1, 0.15) is 5.58 Å². The van der Waals surface area contributed by atoms with Crippen LogP contribution in [-0.2, 0) is 12.7 Å². The summed E-state index contributed by atoms with van der Waals surface area (Å²) in [5.41, 5.74) is -0.957. The third kappa shape index (κ3) is 4.78. The molecule has 3 rings (SSSR count). The SMILES string of the molecule is O=c1cc(C(F)(F)F)c2ccc(NC(=S)NCc3ccc(Cl)cc3)cc2o1. The van der Waals surface area contributed by atoms with Gasteiger partial charge >= 0.3 is 11.8 Å². The van der Waals surface area contributed by atoms with Crippen LogP contribution in [0.2, 0.25) is 5.02 Å². The largest absolute Gasteiger partial charge is 0.423 e. The molecule has 0 unspecified atom stereocenters. The van der Waals surface area contributed by atoms with E-state index in [1.807, 2.05) is 12.1 Å². The molecule has 1 heterocycles. The maximum absolute atomic E-state index is 13.1. The molecule has 0 bridgehead atoms. The van der Waals surface area contributed by atoms with Gasteiger partial charge in [0.25, 0.3) is 0 Å². The summed E-state index contributed by atoms with van der Waals surface area (Å²) >= 11 is 11.0. The lowest BCUT2D eigenvalue weighted by atomic mass is 10.1. The summed E-state index contributed by atoms with van der Waals surface area (Å²) in [6.45, 7) is 0.434. The number of halogens is 4. The van der Waals surface area contributed by atoms with Crippen LogP contribution in [0, 0.1) is 0 Å². The molecule has 0 fully saturated rings. The molecule has 27 heavy (non-hydrogen) atoms. The van der Waals surface area contributed by atoms with Crippen LogP contribution in [0.5, 0.6) is 0 Å². The molecule has 0 aliphatic rings. The van der Waals surface area contributed by atoms with Crippen molar-refractivity contribution >= 4 is 45.6 Å². The van der Waals surface area contributed by atoms with Crippen LogP contribution in [0.15, 0.2) is 57.7 Å². The number of rotatable bonds is 3. The lowest BCUT2D eigenvalue weighted by Gasteiger charge is -2.12. The van der Waals surface area contributed by atoms with Crippen molar-refractivity contribution in [1.82, 2.24) is 5.32 Å². The number of hydrogen-bond donors (Lipinski definition) is 2. The number of fused-ring (bicyclic) bond motifs is 1. The predicted molar refractivity (Wildman–Crippen MR) is 102 cm³/mol. The van der Waals surface area contributed by atoms with Gasteiger partial charge in [-0.2, -0.15) is 13.2 Å². The molecule has 3 aromatic rings. The molecular formula is C18H12ClF3N2O2S. The van der Waals surface area contributed by atoms with Gasteiger partial charge in [0.15, 0.2) is 5.11 Å². The smallest absolute Gasteiger partial charge is 0.417 e. The van der Waals surface area contributed by atoms with E-state index < -0.39 is 17.4 Å². The van der Waals surface area contributed by atoms with Gasteiger partial charge in [0, 0.05) is 34.8 Å². The van der Waals surface area contributed by atoms with Crippen molar-refractivity contribution in [3.63, 3.8) is 0 Å². The number of nitrogens with one attached hydrogen (secondary N) is 2. The highest BCUT2D eigenvalue weighted by atomic mass is 35.5. The third-order valence-corrected chi connectivity index (χ3v) is 4.17. The van der Waals surface area contributed by atoms with Crippen LogP contribution in [0.25, 0.3) is 11.0 Å². The van der Waals surface area contributed by atoms with Crippen molar-refractivity contribution < 1.29 is 17.6 Å². The molecule has 2 aromatic carbocycles. The molecule has 0 radical (unpaired) electrons. The Kier molecular flexibility index (Phi) is 5.38. The topological polar surface area (TPSA) is 54.3 Å². The van der Waals surface area contributed by atoms with E-state index in [2.05, 4.69) is 10.6 Å². The lowest BCUT2D eigenvalue weighted by Crippen LogP contribution is -2.27. The molecule has 0 amide bonds. The van der Waals surface area contributed by atoms with E-state index in [1.54, 1.807) is 12.1 Å². The fourth-order valence-corrected chi connectivity index (χ4v) is 2.75. The Morgan fingerprint density at radius 3 is 2.48 bits per heavy atom. The normalized spacial score (nSPS) is 11.4. The number of anilines is 1. The van der Waals surface area contributed by atoms with Gasteiger partial charge in [0.05, 0.1) is 5.56 Å². The van der Waals surface area contributed by atoms with Crippen molar-refractivity contribution in [1.29, 1.82) is 0 Å². The van der Waals surface area contributed by atoms with E-state index in [-0.39, 0.29) is 16.1 Å². The van der Waals surface area contributed by atoms with Gasteiger partial charge < -0.3 is 15.1 Å². The molecule has 0 saturated carbocycles. The van der Waals surface area contributed by atoms with Gasteiger partial charge in [-0.05, 0) is 42.0 Å². The Morgan fingerprint density at radius 2 is 1.81 bits per heavy atom. The third-order valence-electron chi connectivity index (χ3n) is 3.67. The van der Waals surface area contributed by atoms with E-state index in [9.17, 15) is 18.0 Å². The van der Waals surface area contributed by atoms with E-state index in [0.717, 1.165) is 5.56 Å². The van der Waals surface area contributed by atoms with Crippen LogP contribution in [0.4, 0.5) is 18.9 Å². The average molecular weight is 413 g/mol.